The van der Waals surface area contributed by atoms with Crippen LogP contribution >= 0.6 is 0 Å². The van der Waals surface area contributed by atoms with E-state index in [4.69, 9.17) is 23.4 Å². The summed E-state index contributed by atoms with van der Waals surface area (Å²) in [5.74, 6) is -1.13. The maximum absolute atomic E-state index is 13.5. The van der Waals surface area contributed by atoms with Gasteiger partial charge in [0.2, 0.25) is 23.2 Å². The van der Waals surface area contributed by atoms with Crippen molar-refractivity contribution in [2.24, 2.45) is 0 Å². The smallest absolute Gasteiger partial charge is 0.239 e. The topological polar surface area (TPSA) is 168 Å². The van der Waals surface area contributed by atoms with E-state index in [1.165, 1.54) is 51.5 Å². The minimum Gasteiger partial charge on any atom is -0.508 e. The average Bonchev–Trinajstić information content (AvgIpc) is 2.82. The van der Waals surface area contributed by atoms with Crippen LogP contribution < -0.4 is 19.6 Å². The van der Waals surface area contributed by atoms with E-state index in [1.807, 2.05) is 0 Å². The fourth-order valence-corrected chi connectivity index (χ4v) is 3.76. The van der Waals surface area contributed by atoms with Crippen molar-refractivity contribution in [1.29, 1.82) is 0 Å². The largest absolute Gasteiger partial charge is 0.508 e. The Kier molecular flexibility index (Phi) is 6.28. The quantitative estimate of drug-likeness (QED) is 0.357. The van der Waals surface area contributed by atoms with Crippen molar-refractivity contribution in [2.45, 2.75) is 37.6 Å². The predicted octanol–water partition coefficient (Wildman–Crippen LogP) is 1.09. The monoisotopic (exact) mass is 476 g/mol. The molecule has 0 unspecified atom stereocenters. The summed E-state index contributed by atoms with van der Waals surface area (Å²) >= 11 is 0. The molecule has 1 fully saturated rings. The molecule has 1 aromatic heterocycles. The normalized spacial score (nSPS) is 24.7. The Labute approximate surface area is 192 Å². The highest BCUT2D eigenvalue weighted by molar-refractivity contribution is 5.91. The molecule has 11 heteroatoms. The SMILES string of the molecule is COc1cc2oc(-c3ccc(O)cc3)c(O[C@@H]3O[C@@H](C)[C@@H](O)[C@H](O)[C@@H]3O)c(=O)c2c(O)c1OC. The molecule has 0 spiro atoms. The van der Waals surface area contributed by atoms with Gasteiger partial charge >= 0.3 is 0 Å². The number of benzene rings is 2. The summed E-state index contributed by atoms with van der Waals surface area (Å²) in [5.41, 5.74) is -0.559. The van der Waals surface area contributed by atoms with E-state index in [1.54, 1.807) is 0 Å². The molecular formula is C23H24O11. The minimum atomic E-state index is -1.70. The molecule has 0 aliphatic carbocycles. The number of aliphatic hydroxyl groups is 3. The van der Waals surface area contributed by atoms with Gasteiger partial charge in [0.15, 0.2) is 17.3 Å². The molecule has 4 rings (SSSR count). The van der Waals surface area contributed by atoms with Gasteiger partial charge in [-0.2, -0.15) is 0 Å². The summed E-state index contributed by atoms with van der Waals surface area (Å²) in [6, 6.07) is 7.02. The summed E-state index contributed by atoms with van der Waals surface area (Å²) < 4.78 is 27.5. The van der Waals surface area contributed by atoms with Crippen molar-refractivity contribution < 1.29 is 48.9 Å². The minimum absolute atomic E-state index is 0.0321. The molecule has 0 amide bonds. The van der Waals surface area contributed by atoms with E-state index in [0.29, 0.717) is 5.56 Å². The van der Waals surface area contributed by atoms with Gasteiger partial charge in [0.1, 0.15) is 35.0 Å². The first kappa shape index (κ1) is 23.6. The second kappa shape index (κ2) is 9.03. The Morgan fingerprint density at radius 3 is 2.21 bits per heavy atom. The van der Waals surface area contributed by atoms with Gasteiger partial charge in [-0.3, -0.25) is 4.79 Å². The first-order chi connectivity index (χ1) is 16.2. The van der Waals surface area contributed by atoms with Crippen LogP contribution in [0, 0.1) is 0 Å². The molecule has 0 bridgehead atoms. The molecule has 182 valence electrons. The zero-order valence-electron chi connectivity index (χ0n) is 18.5. The molecule has 1 aliphatic heterocycles. The van der Waals surface area contributed by atoms with Crippen LogP contribution in [0.5, 0.6) is 28.7 Å². The van der Waals surface area contributed by atoms with E-state index < -0.39 is 47.6 Å². The molecule has 11 nitrogen and oxygen atoms in total. The Bertz CT molecular complexity index is 1250. The first-order valence-electron chi connectivity index (χ1n) is 10.3. The summed E-state index contributed by atoms with van der Waals surface area (Å²) in [6.07, 6.45) is -7.15. The fraction of sp³-hybridized carbons (Fsp3) is 0.348. The molecule has 2 aromatic carbocycles. The number of hydrogen-bond acceptors (Lipinski definition) is 11. The number of ether oxygens (including phenoxy) is 4. The summed E-state index contributed by atoms with van der Waals surface area (Å²) in [5, 5.41) is 50.6. The van der Waals surface area contributed by atoms with E-state index in [9.17, 15) is 30.3 Å². The third kappa shape index (κ3) is 3.88. The van der Waals surface area contributed by atoms with E-state index in [0.717, 1.165) is 0 Å². The van der Waals surface area contributed by atoms with Crippen LogP contribution in [0.3, 0.4) is 0 Å². The van der Waals surface area contributed by atoms with Crippen LogP contribution in [0.4, 0.5) is 0 Å². The molecule has 1 aliphatic rings. The number of aromatic hydroxyl groups is 2. The van der Waals surface area contributed by atoms with Crippen molar-refractivity contribution in [3.63, 3.8) is 0 Å². The third-order valence-electron chi connectivity index (χ3n) is 5.63. The first-order valence-corrected chi connectivity index (χ1v) is 10.3. The molecule has 34 heavy (non-hydrogen) atoms. The number of fused-ring (bicyclic) bond motifs is 1. The molecule has 0 radical (unpaired) electrons. The van der Waals surface area contributed by atoms with Crippen LogP contribution in [0.1, 0.15) is 6.92 Å². The van der Waals surface area contributed by atoms with E-state index in [2.05, 4.69) is 0 Å². The molecule has 5 N–H and O–H groups in total. The zero-order valence-corrected chi connectivity index (χ0v) is 18.5. The molecular weight excluding hydrogens is 452 g/mol. The van der Waals surface area contributed by atoms with Crippen molar-refractivity contribution >= 4 is 11.0 Å². The highest BCUT2D eigenvalue weighted by atomic mass is 16.7. The maximum Gasteiger partial charge on any atom is 0.239 e. The predicted molar refractivity (Wildman–Crippen MR) is 117 cm³/mol. The Morgan fingerprint density at radius 1 is 0.912 bits per heavy atom. The lowest BCUT2D eigenvalue weighted by molar-refractivity contribution is -0.268. The Morgan fingerprint density at radius 2 is 1.59 bits per heavy atom. The number of hydrogen-bond donors (Lipinski definition) is 5. The van der Waals surface area contributed by atoms with Crippen molar-refractivity contribution in [3.8, 4) is 40.1 Å². The van der Waals surface area contributed by atoms with Crippen LogP contribution in [-0.2, 0) is 4.74 Å². The number of phenolic OH excluding ortho intramolecular Hbond substituents is 2. The van der Waals surface area contributed by atoms with Crippen molar-refractivity contribution in [2.75, 3.05) is 14.2 Å². The van der Waals surface area contributed by atoms with Crippen molar-refractivity contribution in [3.05, 3.63) is 40.6 Å². The van der Waals surface area contributed by atoms with Crippen LogP contribution in [-0.4, -0.2) is 70.5 Å². The average molecular weight is 476 g/mol. The molecule has 2 heterocycles. The number of rotatable bonds is 5. The third-order valence-corrected chi connectivity index (χ3v) is 5.63. The summed E-state index contributed by atoms with van der Waals surface area (Å²) in [4.78, 5) is 13.5. The molecule has 1 saturated heterocycles. The summed E-state index contributed by atoms with van der Waals surface area (Å²) in [6.45, 7) is 1.46. The van der Waals surface area contributed by atoms with Crippen molar-refractivity contribution in [1.82, 2.24) is 0 Å². The van der Waals surface area contributed by atoms with Crippen LogP contribution in [0.25, 0.3) is 22.3 Å². The second-order valence-electron chi connectivity index (χ2n) is 7.77. The maximum atomic E-state index is 13.5. The molecule has 3 aromatic rings. The lowest BCUT2D eigenvalue weighted by atomic mass is 10.00. The van der Waals surface area contributed by atoms with E-state index in [-0.39, 0.29) is 34.0 Å². The second-order valence-corrected chi connectivity index (χ2v) is 7.77. The van der Waals surface area contributed by atoms with Gasteiger partial charge in [-0.15, -0.1) is 0 Å². The van der Waals surface area contributed by atoms with Crippen LogP contribution in [0.15, 0.2) is 39.5 Å². The zero-order chi connectivity index (χ0) is 24.7. The van der Waals surface area contributed by atoms with Crippen LogP contribution in [0.2, 0.25) is 0 Å². The standard InChI is InChI=1S/C23H24O11/c1-9-15(25)18(28)19(29)23(32-9)34-22-17(27)14-12(8-13(30-2)21(31-3)16(14)26)33-20(22)10-4-6-11(24)7-5-10/h4-9,15,18-19,23-26,28-29H,1-3H3/t9-,15+,18-,19-,23-/m0/s1. The van der Waals surface area contributed by atoms with Gasteiger partial charge in [0.05, 0.1) is 20.3 Å². The van der Waals surface area contributed by atoms with Gasteiger partial charge < -0.3 is 48.9 Å². The molecule has 5 atom stereocenters. The highest BCUT2D eigenvalue weighted by Crippen LogP contribution is 2.44. The number of phenols is 2. The Balaban J connectivity index is 1.95. The van der Waals surface area contributed by atoms with Gasteiger partial charge in [0, 0.05) is 11.6 Å². The lowest BCUT2D eigenvalue weighted by Crippen LogP contribution is -2.58. The van der Waals surface area contributed by atoms with Gasteiger partial charge in [-0.05, 0) is 31.2 Å². The fourth-order valence-electron chi connectivity index (χ4n) is 3.76. The molecule has 0 saturated carbocycles. The Hall–Kier alpha value is -3.51. The van der Waals surface area contributed by atoms with Gasteiger partial charge in [-0.25, -0.2) is 0 Å². The van der Waals surface area contributed by atoms with E-state index >= 15 is 0 Å². The lowest BCUT2D eigenvalue weighted by Gasteiger charge is -2.38. The van der Waals surface area contributed by atoms with Gasteiger partial charge in [0.25, 0.3) is 0 Å². The van der Waals surface area contributed by atoms with Gasteiger partial charge in [-0.1, -0.05) is 0 Å². The highest BCUT2D eigenvalue weighted by Gasteiger charge is 2.44. The summed E-state index contributed by atoms with van der Waals surface area (Å²) in [7, 11) is 2.63. The number of aliphatic hydroxyl groups excluding tert-OH is 3. The number of methoxy groups -OCH3 is 2.